The molecule has 0 unspecified atom stereocenters. The zero-order valence-corrected chi connectivity index (χ0v) is 13.2. The van der Waals surface area contributed by atoms with Gasteiger partial charge in [-0.05, 0) is 31.5 Å². The molecule has 0 aliphatic carbocycles. The van der Waals surface area contributed by atoms with Crippen LogP contribution in [0.3, 0.4) is 0 Å². The Balaban J connectivity index is 2.08. The molecule has 1 heterocycles. The number of nitrogens with zero attached hydrogens (tertiary/aromatic N) is 3. The van der Waals surface area contributed by atoms with Crippen LogP contribution in [-0.2, 0) is 6.54 Å². The molecule has 0 saturated carbocycles. The van der Waals surface area contributed by atoms with E-state index in [1.165, 1.54) is 0 Å². The summed E-state index contributed by atoms with van der Waals surface area (Å²) in [6.45, 7) is 4.48. The van der Waals surface area contributed by atoms with Crippen LogP contribution in [0.25, 0.3) is 0 Å². The van der Waals surface area contributed by atoms with Gasteiger partial charge in [-0.25, -0.2) is 0 Å². The van der Waals surface area contributed by atoms with E-state index in [1.54, 1.807) is 12.1 Å². The van der Waals surface area contributed by atoms with Gasteiger partial charge in [0.2, 0.25) is 17.8 Å². The highest BCUT2D eigenvalue weighted by molar-refractivity contribution is 6.42. The highest BCUT2D eigenvalue weighted by atomic mass is 35.5. The Labute approximate surface area is 133 Å². The lowest BCUT2D eigenvalue weighted by atomic mass is 10.2. The number of hydrogen-bond acceptors (Lipinski definition) is 6. The normalized spacial score (nSPS) is 10.7. The van der Waals surface area contributed by atoms with E-state index in [2.05, 4.69) is 25.6 Å². The summed E-state index contributed by atoms with van der Waals surface area (Å²) < 4.78 is 0. The highest BCUT2D eigenvalue weighted by Gasteiger charge is 2.06. The Kier molecular flexibility index (Phi) is 5.03. The second kappa shape index (κ2) is 6.78. The monoisotopic (exact) mass is 326 g/mol. The second-order valence-electron chi connectivity index (χ2n) is 4.74. The summed E-state index contributed by atoms with van der Waals surface area (Å²) in [6.07, 6.45) is 0. The SMILES string of the molecule is CC(C)Nc1nc(N)nc(NCc2ccc(Cl)c(Cl)c2)n1. The first kappa shape index (κ1) is 15.6. The molecular weight excluding hydrogens is 311 g/mol. The van der Waals surface area contributed by atoms with Gasteiger partial charge in [0.05, 0.1) is 10.0 Å². The summed E-state index contributed by atoms with van der Waals surface area (Å²) in [5.74, 6) is 0.996. The molecule has 0 spiro atoms. The Hall–Kier alpha value is -1.79. The first-order valence-corrected chi connectivity index (χ1v) is 7.15. The van der Waals surface area contributed by atoms with Crippen LogP contribution in [0.5, 0.6) is 0 Å². The number of nitrogens with one attached hydrogen (secondary N) is 2. The lowest BCUT2D eigenvalue weighted by molar-refractivity contribution is 0.867. The van der Waals surface area contributed by atoms with Gasteiger partial charge in [0.15, 0.2) is 0 Å². The molecule has 1 aromatic carbocycles. The van der Waals surface area contributed by atoms with Gasteiger partial charge in [-0.1, -0.05) is 29.3 Å². The number of hydrogen-bond donors (Lipinski definition) is 3. The Morgan fingerprint density at radius 3 is 2.48 bits per heavy atom. The van der Waals surface area contributed by atoms with Crippen molar-refractivity contribution in [2.45, 2.75) is 26.4 Å². The Morgan fingerprint density at radius 1 is 1.10 bits per heavy atom. The quantitative estimate of drug-likeness (QED) is 0.781. The molecule has 0 aliphatic rings. The number of aromatic nitrogens is 3. The van der Waals surface area contributed by atoms with Crippen molar-refractivity contribution in [1.82, 2.24) is 15.0 Å². The third-order valence-corrected chi connectivity index (χ3v) is 3.24. The molecule has 0 radical (unpaired) electrons. The summed E-state index contributed by atoms with van der Waals surface area (Å²) in [5, 5.41) is 7.19. The fraction of sp³-hybridized carbons (Fsp3) is 0.308. The van der Waals surface area contributed by atoms with E-state index >= 15 is 0 Å². The van der Waals surface area contributed by atoms with E-state index in [4.69, 9.17) is 28.9 Å². The smallest absolute Gasteiger partial charge is 0.229 e. The number of rotatable bonds is 5. The molecule has 112 valence electrons. The van der Waals surface area contributed by atoms with Crippen LogP contribution in [0, 0.1) is 0 Å². The van der Waals surface area contributed by atoms with E-state index in [9.17, 15) is 0 Å². The third-order valence-electron chi connectivity index (χ3n) is 2.51. The molecule has 6 nitrogen and oxygen atoms in total. The van der Waals surface area contributed by atoms with Gasteiger partial charge < -0.3 is 16.4 Å². The molecule has 8 heteroatoms. The lowest BCUT2D eigenvalue weighted by Gasteiger charge is -2.11. The average molecular weight is 327 g/mol. The van der Waals surface area contributed by atoms with Crippen molar-refractivity contribution in [2.75, 3.05) is 16.4 Å². The van der Waals surface area contributed by atoms with Crippen molar-refractivity contribution >= 4 is 41.0 Å². The van der Waals surface area contributed by atoms with Gasteiger partial charge in [-0.3, -0.25) is 0 Å². The third kappa shape index (κ3) is 4.61. The number of anilines is 3. The highest BCUT2D eigenvalue weighted by Crippen LogP contribution is 2.22. The summed E-state index contributed by atoms with van der Waals surface area (Å²) in [5.41, 5.74) is 6.63. The van der Waals surface area contributed by atoms with Crippen molar-refractivity contribution < 1.29 is 0 Å². The Bertz CT molecular complexity index is 632. The van der Waals surface area contributed by atoms with E-state index in [0.717, 1.165) is 5.56 Å². The molecule has 0 fully saturated rings. The molecule has 0 amide bonds. The summed E-state index contributed by atoms with van der Waals surface area (Å²) >= 11 is 11.9. The standard InChI is InChI=1S/C13H16Cl2N6/c1-7(2)18-13-20-11(16)19-12(21-13)17-6-8-3-4-9(14)10(15)5-8/h3-5,7H,6H2,1-2H3,(H4,16,17,18,19,20,21). The Morgan fingerprint density at radius 2 is 1.81 bits per heavy atom. The lowest BCUT2D eigenvalue weighted by Crippen LogP contribution is -2.15. The maximum atomic E-state index is 5.97. The zero-order chi connectivity index (χ0) is 15.4. The van der Waals surface area contributed by atoms with Gasteiger partial charge in [0.1, 0.15) is 0 Å². The van der Waals surface area contributed by atoms with Gasteiger partial charge in [-0.15, -0.1) is 0 Å². The minimum absolute atomic E-state index is 0.157. The molecular formula is C13H16Cl2N6. The average Bonchev–Trinajstić information content (AvgIpc) is 2.39. The maximum absolute atomic E-state index is 5.97. The van der Waals surface area contributed by atoms with Crippen LogP contribution in [0.1, 0.15) is 19.4 Å². The zero-order valence-electron chi connectivity index (χ0n) is 11.7. The van der Waals surface area contributed by atoms with Crippen LogP contribution in [0.4, 0.5) is 17.8 Å². The summed E-state index contributed by atoms with van der Waals surface area (Å²) in [4.78, 5) is 12.3. The van der Waals surface area contributed by atoms with Crippen LogP contribution in [0.15, 0.2) is 18.2 Å². The van der Waals surface area contributed by atoms with Crippen molar-refractivity contribution in [3.05, 3.63) is 33.8 Å². The molecule has 1 aromatic heterocycles. The minimum Gasteiger partial charge on any atom is -0.368 e. The van der Waals surface area contributed by atoms with E-state index in [-0.39, 0.29) is 12.0 Å². The molecule has 21 heavy (non-hydrogen) atoms. The number of benzene rings is 1. The minimum atomic E-state index is 0.157. The van der Waals surface area contributed by atoms with Crippen molar-refractivity contribution in [2.24, 2.45) is 0 Å². The predicted molar refractivity (Wildman–Crippen MR) is 86.8 cm³/mol. The van der Waals surface area contributed by atoms with Crippen molar-refractivity contribution in [3.63, 3.8) is 0 Å². The summed E-state index contributed by atoms with van der Waals surface area (Å²) in [6, 6.07) is 5.61. The number of nitrogens with two attached hydrogens (primary N) is 1. The maximum Gasteiger partial charge on any atom is 0.229 e. The van der Waals surface area contributed by atoms with Gasteiger partial charge in [-0.2, -0.15) is 15.0 Å². The molecule has 0 aliphatic heterocycles. The first-order chi connectivity index (χ1) is 9.94. The van der Waals surface area contributed by atoms with Crippen LogP contribution in [-0.4, -0.2) is 21.0 Å². The van der Waals surface area contributed by atoms with E-state index < -0.39 is 0 Å². The second-order valence-corrected chi connectivity index (χ2v) is 5.56. The molecule has 0 saturated heterocycles. The number of nitrogen functional groups attached to an aromatic ring is 1. The topological polar surface area (TPSA) is 88.8 Å². The largest absolute Gasteiger partial charge is 0.368 e. The fourth-order valence-electron chi connectivity index (χ4n) is 1.62. The fourth-order valence-corrected chi connectivity index (χ4v) is 1.95. The summed E-state index contributed by atoms with van der Waals surface area (Å²) in [7, 11) is 0. The molecule has 0 atom stereocenters. The van der Waals surface area contributed by atoms with Gasteiger partial charge in [0, 0.05) is 12.6 Å². The van der Waals surface area contributed by atoms with Crippen LogP contribution in [0.2, 0.25) is 10.0 Å². The molecule has 2 rings (SSSR count). The van der Waals surface area contributed by atoms with E-state index in [1.807, 2.05) is 19.9 Å². The molecule has 0 bridgehead atoms. The van der Waals surface area contributed by atoms with Gasteiger partial charge in [0.25, 0.3) is 0 Å². The van der Waals surface area contributed by atoms with Crippen LogP contribution < -0.4 is 16.4 Å². The number of halogens is 2. The van der Waals surface area contributed by atoms with Crippen LogP contribution >= 0.6 is 23.2 Å². The van der Waals surface area contributed by atoms with Crippen molar-refractivity contribution in [3.8, 4) is 0 Å². The predicted octanol–water partition coefficient (Wildman–Crippen LogP) is 3.19. The molecule has 4 N–H and O–H groups in total. The first-order valence-electron chi connectivity index (χ1n) is 6.40. The van der Waals surface area contributed by atoms with Crippen molar-refractivity contribution in [1.29, 1.82) is 0 Å². The molecule has 2 aromatic rings. The van der Waals surface area contributed by atoms with E-state index in [0.29, 0.717) is 28.5 Å². The van der Waals surface area contributed by atoms with Gasteiger partial charge >= 0.3 is 0 Å².